The van der Waals surface area contributed by atoms with Crippen molar-refractivity contribution in [3.8, 4) is 0 Å². The van der Waals surface area contributed by atoms with Crippen LogP contribution in [0, 0.1) is 5.82 Å². The Bertz CT molecular complexity index is 977. The highest BCUT2D eigenvalue weighted by molar-refractivity contribution is 5.60. The molecular formula is C23H23FN4. The average molecular weight is 374 g/mol. The van der Waals surface area contributed by atoms with Crippen LogP contribution in [0.5, 0.6) is 0 Å². The summed E-state index contributed by atoms with van der Waals surface area (Å²) in [4.78, 5) is 13.9. The maximum atomic E-state index is 13.6. The third-order valence-electron chi connectivity index (χ3n) is 5.95. The highest BCUT2D eigenvalue weighted by Gasteiger charge is 2.48. The fraction of sp³-hybridized carbons (Fsp3) is 0.304. The lowest BCUT2D eigenvalue weighted by Gasteiger charge is -2.26. The third kappa shape index (κ3) is 3.16. The molecule has 1 aromatic carbocycles. The van der Waals surface area contributed by atoms with E-state index in [0.717, 1.165) is 44.7 Å². The Morgan fingerprint density at radius 1 is 0.964 bits per heavy atom. The normalized spacial score (nSPS) is 21.4. The minimum atomic E-state index is -0.165. The van der Waals surface area contributed by atoms with Crippen LogP contribution in [0.4, 0.5) is 10.1 Å². The molecule has 1 fully saturated rings. The van der Waals surface area contributed by atoms with Gasteiger partial charge in [0.05, 0.1) is 11.4 Å². The quantitative estimate of drug-likeness (QED) is 0.696. The second-order valence-electron chi connectivity index (χ2n) is 7.96. The molecule has 2 aliphatic rings. The van der Waals surface area contributed by atoms with Gasteiger partial charge in [0.2, 0.25) is 0 Å². The van der Waals surface area contributed by atoms with Gasteiger partial charge in [0.15, 0.2) is 0 Å². The van der Waals surface area contributed by atoms with Crippen molar-refractivity contribution in [2.24, 2.45) is 0 Å². The predicted molar refractivity (Wildman–Crippen MR) is 107 cm³/mol. The van der Waals surface area contributed by atoms with Crippen molar-refractivity contribution in [2.45, 2.75) is 24.9 Å². The van der Waals surface area contributed by atoms with Gasteiger partial charge in [-0.2, -0.15) is 0 Å². The molecule has 0 unspecified atom stereocenters. The molecule has 2 aliphatic heterocycles. The first-order valence-electron chi connectivity index (χ1n) is 9.78. The van der Waals surface area contributed by atoms with Gasteiger partial charge < -0.3 is 4.90 Å². The lowest BCUT2D eigenvalue weighted by molar-refractivity contribution is 0.305. The first-order chi connectivity index (χ1) is 13.7. The van der Waals surface area contributed by atoms with Crippen LogP contribution in [0.15, 0.2) is 67.1 Å². The van der Waals surface area contributed by atoms with Crippen LogP contribution in [-0.4, -0.2) is 34.5 Å². The molecule has 0 amide bonds. The number of hydrogen-bond donors (Lipinski definition) is 0. The number of pyridine rings is 2. The van der Waals surface area contributed by atoms with Crippen molar-refractivity contribution in [3.63, 3.8) is 0 Å². The summed E-state index contributed by atoms with van der Waals surface area (Å²) in [6.07, 6.45) is 6.73. The molecule has 0 aliphatic carbocycles. The Morgan fingerprint density at radius 2 is 1.86 bits per heavy atom. The molecule has 0 saturated carbocycles. The van der Waals surface area contributed by atoms with Crippen molar-refractivity contribution in [2.75, 3.05) is 24.5 Å². The van der Waals surface area contributed by atoms with Gasteiger partial charge in [0, 0.05) is 50.2 Å². The van der Waals surface area contributed by atoms with Crippen molar-refractivity contribution < 1.29 is 4.39 Å². The molecule has 3 aromatic rings. The number of nitrogens with zero attached hydrogens (tertiary/aromatic N) is 4. The molecule has 28 heavy (non-hydrogen) atoms. The van der Waals surface area contributed by atoms with E-state index in [-0.39, 0.29) is 11.2 Å². The van der Waals surface area contributed by atoms with Crippen LogP contribution < -0.4 is 4.90 Å². The summed E-state index contributed by atoms with van der Waals surface area (Å²) in [5.74, 6) is -0.165. The van der Waals surface area contributed by atoms with Gasteiger partial charge in [0.1, 0.15) is 5.82 Å². The monoisotopic (exact) mass is 374 g/mol. The maximum absolute atomic E-state index is 13.6. The number of hydrogen-bond acceptors (Lipinski definition) is 4. The van der Waals surface area contributed by atoms with Gasteiger partial charge >= 0.3 is 0 Å². The summed E-state index contributed by atoms with van der Waals surface area (Å²) < 4.78 is 13.6. The zero-order chi connectivity index (χ0) is 19.0. The number of benzene rings is 1. The van der Waals surface area contributed by atoms with E-state index in [0.29, 0.717) is 0 Å². The van der Waals surface area contributed by atoms with Gasteiger partial charge in [-0.25, -0.2) is 4.39 Å². The van der Waals surface area contributed by atoms with E-state index < -0.39 is 0 Å². The molecule has 4 heterocycles. The van der Waals surface area contributed by atoms with Crippen LogP contribution in [-0.2, 0) is 18.5 Å². The number of aromatic nitrogens is 2. The third-order valence-corrected chi connectivity index (χ3v) is 5.95. The fourth-order valence-electron chi connectivity index (χ4n) is 4.75. The van der Waals surface area contributed by atoms with Gasteiger partial charge in [0.25, 0.3) is 0 Å². The Hall–Kier alpha value is -2.79. The maximum Gasteiger partial charge on any atom is 0.123 e. The Morgan fingerprint density at radius 3 is 2.71 bits per heavy atom. The van der Waals surface area contributed by atoms with E-state index in [2.05, 4.69) is 26.9 Å². The Labute approximate surface area is 164 Å². The van der Waals surface area contributed by atoms with Crippen LogP contribution in [0.25, 0.3) is 0 Å². The molecule has 1 saturated heterocycles. The van der Waals surface area contributed by atoms with Crippen molar-refractivity contribution in [1.29, 1.82) is 0 Å². The van der Waals surface area contributed by atoms with E-state index >= 15 is 0 Å². The molecule has 0 bridgehead atoms. The van der Waals surface area contributed by atoms with Crippen molar-refractivity contribution in [3.05, 3.63) is 89.8 Å². The summed E-state index contributed by atoms with van der Waals surface area (Å²) >= 11 is 0. The number of rotatable bonds is 4. The molecule has 5 rings (SSSR count). The van der Waals surface area contributed by atoms with Crippen LogP contribution >= 0.6 is 0 Å². The smallest absolute Gasteiger partial charge is 0.123 e. The first kappa shape index (κ1) is 17.3. The highest BCUT2D eigenvalue weighted by atomic mass is 19.1. The molecular weight excluding hydrogens is 351 g/mol. The number of halogens is 1. The number of anilines is 1. The van der Waals surface area contributed by atoms with Gasteiger partial charge in [-0.1, -0.05) is 18.2 Å². The largest absolute Gasteiger partial charge is 0.365 e. The van der Waals surface area contributed by atoms with Crippen molar-refractivity contribution >= 4 is 5.69 Å². The molecule has 0 radical (unpaired) electrons. The zero-order valence-corrected chi connectivity index (χ0v) is 15.8. The number of fused-ring (bicyclic) bond motifs is 2. The van der Waals surface area contributed by atoms with E-state index in [4.69, 9.17) is 4.98 Å². The standard InChI is InChI=1S/C23H23FN4/c24-20-6-1-4-18(12-20)14-27-11-8-23(16-27)17-28(15-19-5-2-9-25-13-19)21-7-3-10-26-22(21)23/h1-7,9-10,12-13H,8,11,14-17H2/t23-/m0/s1. The van der Waals surface area contributed by atoms with Gasteiger partial charge in [-0.15, -0.1) is 0 Å². The fourth-order valence-corrected chi connectivity index (χ4v) is 4.75. The Balaban J connectivity index is 1.38. The molecule has 0 N–H and O–H groups in total. The van der Waals surface area contributed by atoms with Crippen molar-refractivity contribution in [1.82, 2.24) is 14.9 Å². The van der Waals surface area contributed by atoms with E-state index in [9.17, 15) is 4.39 Å². The average Bonchev–Trinajstić information content (AvgIpc) is 3.25. The summed E-state index contributed by atoms with van der Waals surface area (Å²) in [5, 5.41) is 0. The van der Waals surface area contributed by atoms with Gasteiger partial charge in [-0.05, 0) is 54.4 Å². The first-order valence-corrected chi connectivity index (χ1v) is 9.78. The topological polar surface area (TPSA) is 32.3 Å². The van der Waals surface area contributed by atoms with Crippen LogP contribution in [0.2, 0.25) is 0 Å². The molecule has 1 atom stereocenters. The molecule has 4 nitrogen and oxygen atoms in total. The van der Waals surface area contributed by atoms with E-state index in [1.165, 1.54) is 23.0 Å². The summed E-state index contributed by atoms with van der Waals surface area (Å²) in [6, 6.07) is 15.3. The highest BCUT2D eigenvalue weighted by Crippen LogP contribution is 2.45. The summed E-state index contributed by atoms with van der Waals surface area (Å²) in [7, 11) is 0. The van der Waals surface area contributed by atoms with E-state index in [1.54, 1.807) is 12.1 Å². The molecule has 5 heteroatoms. The second-order valence-corrected chi connectivity index (χ2v) is 7.96. The second kappa shape index (κ2) is 6.99. The minimum absolute atomic E-state index is 0.0477. The lowest BCUT2D eigenvalue weighted by atomic mass is 9.85. The van der Waals surface area contributed by atoms with Gasteiger partial charge in [-0.3, -0.25) is 14.9 Å². The SMILES string of the molecule is Fc1cccc(CN2CC[C@]3(C2)CN(Cc2cccnc2)c2cccnc23)c1. The molecule has 142 valence electrons. The predicted octanol–water partition coefficient (Wildman–Crippen LogP) is 3.78. The summed E-state index contributed by atoms with van der Waals surface area (Å²) in [6.45, 7) is 4.56. The Kier molecular flexibility index (Phi) is 4.32. The van der Waals surface area contributed by atoms with Crippen LogP contribution in [0.3, 0.4) is 0 Å². The van der Waals surface area contributed by atoms with Crippen LogP contribution in [0.1, 0.15) is 23.2 Å². The zero-order valence-electron chi connectivity index (χ0n) is 15.8. The van der Waals surface area contributed by atoms with E-state index in [1.807, 2.05) is 36.8 Å². The minimum Gasteiger partial charge on any atom is -0.365 e. The molecule has 1 spiro atoms. The molecule has 2 aromatic heterocycles. The number of likely N-dealkylation sites (tertiary alicyclic amines) is 1. The summed E-state index contributed by atoms with van der Waals surface area (Å²) in [5.41, 5.74) is 4.73. The lowest BCUT2D eigenvalue weighted by Crippen LogP contribution is -2.36.